The molecule has 3 heteroatoms. The minimum atomic E-state index is -0.0270. The molecule has 0 aromatic heterocycles. The average molecular weight is 234 g/mol. The summed E-state index contributed by atoms with van der Waals surface area (Å²) in [5.74, 6) is -0.0270. The van der Waals surface area contributed by atoms with E-state index in [4.69, 9.17) is 0 Å². The van der Waals surface area contributed by atoms with E-state index in [1.807, 2.05) is 18.2 Å². The molecular formula is C14H22N2O. The zero-order valence-corrected chi connectivity index (χ0v) is 10.9. The number of carbonyl (C=O) groups is 1. The molecule has 94 valence electrons. The first-order valence-electron chi connectivity index (χ1n) is 6.25. The van der Waals surface area contributed by atoms with Gasteiger partial charge >= 0.3 is 0 Å². The van der Waals surface area contributed by atoms with Crippen LogP contribution in [0.5, 0.6) is 0 Å². The van der Waals surface area contributed by atoms with Crippen LogP contribution in [-0.2, 0) is 11.2 Å². The third-order valence-electron chi connectivity index (χ3n) is 2.72. The van der Waals surface area contributed by atoms with Crippen LogP contribution in [0.4, 0.5) is 5.69 Å². The lowest BCUT2D eigenvalue weighted by atomic mass is 10.0. The number of amides is 1. The summed E-state index contributed by atoms with van der Waals surface area (Å²) in [5, 5.41) is 6.26. The summed E-state index contributed by atoms with van der Waals surface area (Å²) in [6.45, 7) is 6.82. The molecule has 0 saturated heterocycles. The van der Waals surface area contributed by atoms with Gasteiger partial charge < -0.3 is 10.6 Å². The van der Waals surface area contributed by atoms with Crippen molar-refractivity contribution in [2.75, 3.05) is 11.9 Å². The number of benzene rings is 1. The Morgan fingerprint density at radius 1 is 1.35 bits per heavy atom. The van der Waals surface area contributed by atoms with E-state index in [1.165, 1.54) is 12.5 Å². The highest BCUT2D eigenvalue weighted by atomic mass is 16.1. The fourth-order valence-corrected chi connectivity index (χ4v) is 1.91. The summed E-state index contributed by atoms with van der Waals surface area (Å²) in [6, 6.07) is 8.55. The predicted molar refractivity (Wildman–Crippen MR) is 72.2 cm³/mol. The summed E-state index contributed by atoms with van der Waals surface area (Å²) in [6.07, 6.45) is 2.11. The van der Waals surface area contributed by atoms with Crippen molar-refractivity contribution in [1.82, 2.24) is 5.32 Å². The maximum Gasteiger partial charge on any atom is 0.221 e. The van der Waals surface area contributed by atoms with Crippen LogP contribution >= 0.6 is 0 Å². The van der Waals surface area contributed by atoms with Gasteiger partial charge in [0.25, 0.3) is 0 Å². The van der Waals surface area contributed by atoms with Crippen LogP contribution in [0, 0.1) is 0 Å². The predicted octanol–water partition coefficient (Wildman–Crippen LogP) is 2.58. The number of hydrogen-bond donors (Lipinski definition) is 2. The van der Waals surface area contributed by atoms with E-state index < -0.39 is 0 Å². The van der Waals surface area contributed by atoms with E-state index in [9.17, 15) is 4.79 Å². The van der Waals surface area contributed by atoms with Gasteiger partial charge in [0, 0.05) is 18.7 Å². The Morgan fingerprint density at radius 3 is 2.71 bits per heavy atom. The molecule has 1 amide bonds. The van der Waals surface area contributed by atoms with Crippen LogP contribution < -0.4 is 10.6 Å². The molecule has 1 aromatic carbocycles. The Bertz CT molecular complexity index is 363. The molecule has 0 heterocycles. The Morgan fingerprint density at radius 2 is 2.12 bits per heavy atom. The van der Waals surface area contributed by atoms with Gasteiger partial charge in [-0.2, -0.15) is 0 Å². The van der Waals surface area contributed by atoms with E-state index in [0.29, 0.717) is 6.04 Å². The number of anilines is 1. The number of rotatable bonds is 6. The van der Waals surface area contributed by atoms with Crippen LogP contribution in [0.2, 0.25) is 0 Å². The molecule has 17 heavy (non-hydrogen) atoms. The fraction of sp³-hybridized carbons (Fsp3) is 0.500. The van der Waals surface area contributed by atoms with Gasteiger partial charge in [-0.15, -0.1) is 0 Å². The third kappa shape index (κ3) is 5.00. The van der Waals surface area contributed by atoms with Gasteiger partial charge in [-0.25, -0.2) is 0 Å². The quantitative estimate of drug-likeness (QED) is 0.794. The van der Waals surface area contributed by atoms with E-state index in [0.717, 1.165) is 25.1 Å². The van der Waals surface area contributed by atoms with Gasteiger partial charge in [0.2, 0.25) is 5.91 Å². The van der Waals surface area contributed by atoms with E-state index in [-0.39, 0.29) is 5.91 Å². The van der Waals surface area contributed by atoms with Gasteiger partial charge in [-0.3, -0.25) is 4.79 Å². The van der Waals surface area contributed by atoms with Crippen LogP contribution in [0.3, 0.4) is 0 Å². The number of hydrogen-bond acceptors (Lipinski definition) is 2. The molecule has 0 bridgehead atoms. The second-order valence-corrected chi connectivity index (χ2v) is 4.25. The van der Waals surface area contributed by atoms with E-state index in [2.05, 4.69) is 30.5 Å². The lowest BCUT2D eigenvalue weighted by molar-refractivity contribution is -0.114. The Balaban J connectivity index is 2.67. The van der Waals surface area contributed by atoms with Crippen molar-refractivity contribution < 1.29 is 4.79 Å². The number of carbonyl (C=O) groups excluding carboxylic acids is 1. The minimum absolute atomic E-state index is 0.0270. The first-order chi connectivity index (χ1) is 8.15. The molecule has 0 fully saturated rings. The molecule has 1 unspecified atom stereocenters. The lowest BCUT2D eigenvalue weighted by Crippen LogP contribution is -2.30. The average Bonchev–Trinajstić information content (AvgIpc) is 2.28. The highest BCUT2D eigenvalue weighted by Crippen LogP contribution is 2.13. The molecular weight excluding hydrogens is 212 g/mol. The van der Waals surface area contributed by atoms with Crippen LogP contribution in [-0.4, -0.2) is 18.5 Å². The molecule has 0 radical (unpaired) electrons. The van der Waals surface area contributed by atoms with Gasteiger partial charge in [0.05, 0.1) is 0 Å². The SMILES string of the molecule is CCNC(CC)Cc1cccc(NC(C)=O)c1. The Labute approximate surface area is 104 Å². The van der Waals surface area contributed by atoms with Crippen molar-refractivity contribution in [2.24, 2.45) is 0 Å². The topological polar surface area (TPSA) is 41.1 Å². The first kappa shape index (κ1) is 13.7. The van der Waals surface area contributed by atoms with E-state index in [1.54, 1.807) is 0 Å². The molecule has 0 aliphatic heterocycles. The van der Waals surface area contributed by atoms with Crippen molar-refractivity contribution in [3.05, 3.63) is 29.8 Å². The first-order valence-corrected chi connectivity index (χ1v) is 6.25. The molecule has 0 saturated carbocycles. The zero-order chi connectivity index (χ0) is 12.7. The highest BCUT2D eigenvalue weighted by Gasteiger charge is 2.06. The van der Waals surface area contributed by atoms with Crippen LogP contribution in [0.25, 0.3) is 0 Å². The molecule has 2 N–H and O–H groups in total. The maximum atomic E-state index is 11.0. The largest absolute Gasteiger partial charge is 0.326 e. The standard InChI is InChI=1S/C14H22N2O/c1-4-13(15-5-2)9-12-7-6-8-14(10-12)16-11(3)17/h6-8,10,13,15H,4-5,9H2,1-3H3,(H,16,17). The minimum Gasteiger partial charge on any atom is -0.326 e. The van der Waals surface area contributed by atoms with Crippen LogP contribution in [0.1, 0.15) is 32.8 Å². The smallest absolute Gasteiger partial charge is 0.221 e. The molecule has 1 aromatic rings. The van der Waals surface area contributed by atoms with Gasteiger partial charge in [-0.05, 0) is 37.1 Å². The van der Waals surface area contributed by atoms with E-state index >= 15 is 0 Å². The monoisotopic (exact) mass is 234 g/mol. The second kappa shape index (κ2) is 7.07. The summed E-state index contributed by atoms with van der Waals surface area (Å²) >= 11 is 0. The lowest BCUT2D eigenvalue weighted by Gasteiger charge is -2.16. The molecule has 0 spiro atoms. The van der Waals surface area contributed by atoms with Crippen molar-refractivity contribution in [3.63, 3.8) is 0 Å². The molecule has 1 atom stereocenters. The second-order valence-electron chi connectivity index (χ2n) is 4.25. The van der Waals surface area contributed by atoms with Crippen LogP contribution in [0.15, 0.2) is 24.3 Å². The molecule has 0 aliphatic rings. The molecule has 0 aliphatic carbocycles. The number of likely N-dealkylation sites (N-methyl/N-ethyl adjacent to an activating group) is 1. The third-order valence-corrected chi connectivity index (χ3v) is 2.72. The fourth-order valence-electron chi connectivity index (χ4n) is 1.91. The normalized spacial score (nSPS) is 12.2. The molecule has 3 nitrogen and oxygen atoms in total. The van der Waals surface area contributed by atoms with Gasteiger partial charge in [-0.1, -0.05) is 26.0 Å². The van der Waals surface area contributed by atoms with Gasteiger partial charge in [0.1, 0.15) is 0 Å². The summed E-state index contributed by atoms with van der Waals surface area (Å²) in [4.78, 5) is 11.0. The van der Waals surface area contributed by atoms with Gasteiger partial charge in [0.15, 0.2) is 0 Å². The highest BCUT2D eigenvalue weighted by molar-refractivity contribution is 5.88. The summed E-state index contributed by atoms with van der Waals surface area (Å²) in [7, 11) is 0. The molecule has 1 rings (SSSR count). The zero-order valence-electron chi connectivity index (χ0n) is 10.9. The summed E-state index contributed by atoms with van der Waals surface area (Å²) in [5.41, 5.74) is 2.13. The number of nitrogens with one attached hydrogen (secondary N) is 2. The Hall–Kier alpha value is -1.35. The Kier molecular flexibility index (Phi) is 5.70. The van der Waals surface area contributed by atoms with Crippen molar-refractivity contribution in [1.29, 1.82) is 0 Å². The van der Waals surface area contributed by atoms with Crippen molar-refractivity contribution in [3.8, 4) is 0 Å². The van der Waals surface area contributed by atoms with Crippen molar-refractivity contribution >= 4 is 11.6 Å². The van der Waals surface area contributed by atoms with Crippen molar-refractivity contribution in [2.45, 2.75) is 39.7 Å². The maximum absolute atomic E-state index is 11.0. The summed E-state index contributed by atoms with van der Waals surface area (Å²) < 4.78 is 0.